The van der Waals surface area contributed by atoms with Gasteiger partial charge in [-0.1, -0.05) is 372 Å². The van der Waals surface area contributed by atoms with Crippen LogP contribution in [0, 0.1) is 0 Å². The van der Waals surface area contributed by atoms with Crippen molar-refractivity contribution < 1.29 is 6.85 Å². The zero-order valence-electron chi connectivity index (χ0n) is 51.7. The van der Waals surface area contributed by atoms with E-state index >= 15 is 0 Å². The molecule has 0 fully saturated rings. The summed E-state index contributed by atoms with van der Waals surface area (Å²) in [6, 6.07) is 108. The molecule has 15 aromatic carbocycles. The van der Waals surface area contributed by atoms with Crippen molar-refractivity contribution in [1.29, 1.82) is 0 Å². The van der Waals surface area contributed by atoms with Crippen LogP contribution in [0.15, 0.2) is 377 Å². The molecule has 0 N–H and O–H groups in total. The normalized spacial score (nSPS) is 11.0. The van der Waals surface area contributed by atoms with Gasteiger partial charge in [0.2, 0.25) is 0 Å². The smallest absolute Gasteiger partial charge is 0.0622 e. The zero-order chi connectivity index (χ0) is 64.9. The fourth-order valence-corrected chi connectivity index (χ4v) is 11.8. The Morgan fingerprint density at radius 2 is 0.552 bits per heavy atom. The maximum absolute atomic E-state index is 7.26. The van der Waals surface area contributed by atoms with Crippen molar-refractivity contribution in [2.24, 2.45) is 0 Å². The SMILES string of the molecule is Brc1cc(-c2ccccc2)cc(-c2ccccc2)c1.Brc1ccc(-c2ccccc2)cc1.Brc1ccc2c3ccccc3c3ccccc3c2c1.Brc1ccc2ccccc2c1.Brc1cccc2ccccc12.Brc1ccccc1.[2H]c1c([2H])c([2H])c(Br)c([2H])c1[2H]. The van der Waals surface area contributed by atoms with Gasteiger partial charge in [0.25, 0.3) is 0 Å². The van der Waals surface area contributed by atoms with Crippen LogP contribution in [0.5, 0.6) is 0 Å². The van der Waals surface area contributed by atoms with Gasteiger partial charge >= 0.3 is 0 Å². The Labute approximate surface area is 576 Å². The molecule has 0 aliphatic rings. The van der Waals surface area contributed by atoms with E-state index in [1.54, 1.807) is 0 Å². The number of hydrogen-bond donors (Lipinski definition) is 0. The third-order valence-electron chi connectivity index (χ3n) is 13.4. The van der Waals surface area contributed by atoms with Crippen molar-refractivity contribution in [2.75, 3.05) is 0 Å². The van der Waals surface area contributed by atoms with Gasteiger partial charge in [0, 0.05) is 31.3 Å². The molecule has 7 heteroatoms. The molecule has 15 aromatic rings. The van der Waals surface area contributed by atoms with E-state index < -0.39 is 0 Å². The summed E-state index contributed by atoms with van der Waals surface area (Å²) in [4.78, 5) is 0. The van der Waals surface area contributed by atoms with Gasteiger partial charge in [0.15, 0.2) is 0 Å². The van der Waals surface area contributed by atoms with Crippen LogP contribution < -0.4 is 0 Å². The number of fused-ring (bicyclic) bond motifs is 8. The molecule has 0 atom stereocenters. The van der Waals surface area contributed by atoms with Crippen LogP contribution in [0.4, 0.5) is 0 Å². The highest BCUT2D eigenvalue weighted by molar-refractivity contribution is 9.11. The van der Waals surface area contributed by atoms with Crippen LogP contribution >= 0.6 is 112 Å². The molecule has 0 aliphatic heterocycles. The molecule has 87 heavy (non-hydrogen) atoms. The second kappa shape index (κ2) is 33.9. The van der Waals surface area contributed by atoms with Crippen molar-refractivity contribution in [1.82, 2.24) is 0 Å². The predicted molar refractivity (Wildman–Crippen MR) is 403 cm³/mol. The first-order valence-electron chi connectivity index (χ1n) is 30.0. The third kappa shape index (κ3) is 19.5. The number of rotatable bonds is 3. The van der Waals surface area contributed by atoms with Gasteiger partial charge in [0.1, 0.15) is 0 Å². The number of halogens is 7. The zero-order valence-corrected chi connectivity index (χ0v) is 57.8. The molecule has 0 saturated carbocycles. The van der Waals surface area contributed by atoms with E-state index in [4.69, 9.17) is 6.85 Å². The van der Waals surface area contributed by atoms with Gasteiger partial charge in [-0.15, -0.1) is 0 Å². The summed E-state index contributed by atoms with van der Waals surface area (Å²) in [5, 5.41) is 13.0. The average Bonchev–Trinajstić information content (AvgIpc) is 0.756. The lowest BCUT2D eigenvalue weighted by Gasteiger charge is -2.10. The fourth-order valence-electron chi connectivity index (χ4n) is 9.33. The molecule has 0 amide bonds. The second-order valence-corrected chi connectivity index (χ2v) is 25.5. The summed E-state index contributed by atoms with van der Waals surface area (Å²) in [7, 11) is 0. The van der Waals surface area contributed by atoms with Crippen LogP contribution in [0.1, 0.15) is 6.85 Å². The molecule has 0 aromatic heterocycles. The molecule has 426 valence electrons. The average molecular weight is 1580 g/mol. The summed E-state index contributed by atoms with van der Waals surface area (Å²) in [5.41, 5.74) is 7.45. The van der Waals surface area contributed by atoms with Crippen LogP contribution in [-0.4, -0.2) is 0 Å². The topological polar surface area (TPSA) is 0 Å². The van der Waals surface area contributed by atoms with Crippen molar-refractivity contribution in [3.8, 4) is 33.4 Å². The quantitative estimate of drug-likeness (QED) is 0.155. The summed E-state index contributed by atoms with van der Waals surface area (Å²) in [6.07, 6.45) is 0. The largest absolute Gasteiger partial charge is 0.0635 e. The predicted octanol–water partition coefficient (Wildman–Crippen LogP) is 27.9. The molecule has 0 aliphatic carbocycles. The number of benzene rings is 15. The minimum absolute atomic E-state index is 0.105. The molecule has 0 unspecified atom stereocenters. The van der Waals surface area contributed by atoms with Crippen LogP contribution in [-0.2, 0) is 0 Å². The van der Waals surface area contributed by atoms with Gasteiger partial charge in [-0.25, -0.2) is 0 Å². The number of hydrogen-bond acceptors (Lipinski definition) is 0. The van der Waals surface area contributed by atoms with E-state index in [2.05, 4.69) is 366 Å². The Balaban J connectivity index is 0.000000129. The van der Waals surface area contributed by atoms with E-state index in [1.807, 2.05) is 60.7 Å². The highest BCUT2D eigenvalue weighted by Gasteiger charge is 2.08. The first kappa shape index (κ1) is 57.7. The Bertz CT molecular complexity index is 4680. The van der Waals surface area contributed by atoms with E-state index in [0.717, 1.165) is 26.8 Å². The first-order valence-corrected chi connectivity index (χ1v) is 33.1. The van der Waals surface area contributed by atoms with Gasteiger partial charge < -0.3 is 0 Å². The molecular weight excluding hydrogens is 1520 g/mol. The second-order valence-electron chi connectivity index (χ2n) is 19.3. The highest BCUT2D eigenvalue weighted by Crippen LogP contribution is 2.36. The molecule has 0 saturated heterocycles. The minimum atomic E-state index is -0.367. The van der Waals surface area contributed by atoms with Crippen molar-refractivity contribution in [3.05, 3.63) is 377 Å². The van der Waals surface area contributed by atoms with E-state index in [1.165, 1.54) is 87.2 Å². The molecular formula is C80H57Br7. The first-order chi connectivity index (χ1) is 44.6. The molecule has 0 bridgehead atoms. The molecule has 0 nitrogen and oxygen atoms in total. The molecule has 0 radical (unpaired) electrons. The van der Waals surface area contributed by atoms with E-state index in [9.17, 15) is 0 Å². The van der Waals surface area contributed by atoms with Gasteiger partial charge in [-0.2, -0.15) is 0 Å². The van der Waals surface area contributed by atoms with E-state index in [-0.39, 0.29) is 34.7 Å². The maximum atomic E-state index is 7.26. The maximum Gasteiger partial charge on any atom is 0.0635 e. The molecule has 0 heterocycles. The monoisotopic (exact) mass is 1570 g/mol. The summed E-state index contributed by atoms with van der Waals surface area (Å²) in [5.74, 6) is 0. The van der Waals surface area contributed by atoms with Crippen molar-refractivity contribution in [2.45, 2.75) is 0 Å². The lowest BCUT2D eigenvalue weighted by Crippen LogP contribution is -1.82. The Kier molecular flexibility index (Phi) is 22.5. The van der Waals surface area contributed by atoms with Gasteiger partial charge in [-0.05, 0) is 172 Å². The van der Waals surface area contributed by atoms with Crippen molar-refractivity contribution >= 4 is 165 Å². The lowest BCUT2D eigenvalue weighted by atomic mass is 9.94. The van der Waals surface area contributed by atoms with Crippen molar-refractivity contribution in [3.63, 3.8) is 0 Å². The summed E-state index contributed by atoms with van der Waals surface area (Å²) < 4.78 is 43.0. The fraction of sp³-hybridized carbons (Fsp3) is 0. The highest BCUT2D eigenvalue weighted by atomic mass is 79.9. The molecule has 15 rings (SSSR count). The summed E-state index contributed by atoms with van der Waals surface area (Å²) >= 11 is 23.8. The van der Waals surface area contributed by atoms with Crippen LogP contribution in [0.3, 0.4) is 0 Å². The van der Waals surface area contributed by atoms with Crippen LogP contribution in [0.2, 0.25) is 0 Å². The standard InChI is InChI=1S/C18H11Br.C18H13Br.C12H9Br.2C10H7Br.2C6H5Br/c19-12-9-10-17-15-7-2-1-5-13(15)14-6-3-4-8-16(14)18(17)11-12;19-18-12-16(14-7-3-1-4-8-14)11-17(13-18)15-9-5-2-6-10-15;13-12-8-6-11(7-9-12)10-4-2-1-3-5-10;11-10-7-3-5-8-4-1-2-6-9(8)10;11-10-6-5-8-3-1-2-4-9(8)7-10;2*7-6-4-2-1-3-5-6/h1-11H;1-13H;1-9H;2*1-7H;2*1-5H/i;;;;;1D,2D,3D,4D,5D;. The van der Waals surface area contributed by atoms with E-state index in [0.29, 0.717) is 0 Å². The van der Waals surface area contributed by atoms with Gasteiger partial charge in [-0.3, -0.25) is 0 Å². The Morgan fingerprint density at radius 3 is 1.06 bits per heavy atom. The Hall–Kier alpha value is -7.04. The van der Waals surface area contributed by atoms with Crippen LogP contribution in [0.25, 0.3) is 87.2 Å². The molecule has 0 spiro atoms. The lowest BCUT2D eigenvalue weighted by molar-refractivity contribution is 1.56. The minimum Gasteiger partial charge on any atom is -0.0622 e. The third-order valence-corrected chi connectivity index (χ3v) is 17.0. The summed E-state index contributed by atoms with van der Waals surface area (Å²) in [6.45, 7) is 0. The van der Waals surface area contributed by atoms with Gasteiger partial charge in [0.05, 0.1) is 6.85 Å². The Morgan fingerprint density at radius 1 is 0.184 bits per heavy atom.